The molecule has 0 amide bonds. The molecule has 1 aromatic heterocycles. The molecule has 2 rings (SSSR count). The van der Waals surface area contributed by atoms with Gasteiger partial charge in [0, 0.05) is 25.7 Å². The summed E-state index contributed by atoms with van der Waals surface area (Å²) in [5.74, 6) is 0.741. The first-order chi connectivity index (χ1) is 11.2. The van der Waals surface area contributed by atoms with Crippen LogP contribution in [0.5, 0.6) is 0 Å². The van der Waals surface area contributed by atoms with Crippen molar-refractivity contribution in [1.82, 2.24) is 15.1 Å². The number of nitrogens with zero attached hydrogens (tertiary/aromatic N) is 5. The molecule has 2 heterocycles. The van der Waals surface area contributed by atoms with Crippen LogP contribution in [-0.2, 0) is 12.8 Å². The fourth-order valence-corrected chi connectivity index (χ4v) is 3.36. The van der Waals surface area contributed by atoms with Crippen molar-refractivity contribution in [3.63, 3.8) is 0 Å². The number of likely N-dealkylation sites (N-methyl/N-ethyl adjacent to an activating group) is 1. The molecule has 0 saturated carbocycles. The van der Waals surface area contributed by atoms with Gasteiger partial charge in [0.25, 0.3) is 0 Å². The summed E-state index contributed by atoms with van der Waals surface area (Å²) < 4.78 is 0. The quantitative estimate of drug-likeness (QED) is 0.854. The highest BCUT2D eigenvalue weighted by atomic mass is 16.3. The Bertz CT molecular complexity index is 561. The summed E-state index contributed by atoms with van der Waals surface area (Å²) in [7, 11) is 2.06. The third kappa shape index (κ3) is 3.80. The Morgan fingerprint density at radius 3 is 2.48 bits per heavy atom. The van der Waals surface area contributed by atoms with Gasteiger partial charge >= 0.3 is 0 Å². The van der Waals surface area contributed by atoms with Crippen molar-refractivity contribution in [2.24, 2.45) is 0 Å². The smallest absolute Gasteiger partial charge is 0.169 e. The predicted molar refractivity (Wildman–Crippen MR) is 90.5 cm³/mol. The maximum Gasteiger partial charge on any atom is 0.169 e. The minimum Gasteiger partial charge on any atom is -0.395 e. The van der Waals surface area contributed by atoms with Crippen LogP contribution < -0.4 is 4.90 Å². The average molecular weight is 317 g/mol. The lowest BCUT2D eigenvalue weighted by Crippen LogP contribution is -2.44. The molecule has 0 unspecified atom stereocenters. The van der Waals surface area contributed by atoms with Gasteiger partial charge in [-0.15, -0.1) is 5.10 Å². The normalized spacial score (nSPS) is 15.9. The number of piperidine rings is 1. The number of nitriles is 1. The Morgan fingerprint density at radius 2 is 1.96 bits per heavy atom. The number of anilines is 1. The lowest BCUT2D eigenvalue weighted by Gasteiger charge is -2.37. The van der Waals surface area contributed by atoms with Crippen molar-refractivity contribution < 1.29 is 5.11 Å². The summed E-state index contributed by atoms with van der Waals surface area (Å²) in [6.45, 7) is 6.76. The number of hydrogen-bond donors (Lipinski definition) is 1. The molecular formula is C17H27N5O. The zero-order valence-corrected chi connectivity index (χ0v) is 14.4. The van der Waals surface area contributed by atoms with Crippen LogP contribution in [0.3, 0.4) is 0 Å². The van der Waals surface area contributed by atoms with Crippen LogP contribution in [0.25, 0.3) is 0 Å². The summed E-state index contributed by atoms with van der Waals surface area (Å²) in [5.41, 5.74) is 2.67. The molecule has 1 aliphatic heterocycles. The van der Waals surface area contributed by atoms with Crippen molar-refractivity contribution in [2.75, 3.05) is 38.2 Å². The van der Waals surface area contributed by atoms with Gasteiger partial charge in [-0.05, 0) is 38.3 Å². The van der Waals surface area contributed by atoms with E-state index in [9.17, 15) is 5.26 Å². The highest BCUT2D eigenvalue weighted by Crippen LogP contribution is 2.26. The van der Waals surface area contributed by atoms with Crippen LogP contribution in [0.1, 0.15) is 43.5 Å². The van der Waals surface area contributed by atoms with E-state index < -0.39 is 0 Å². The number of aliphatic hydroxyl groups is 1. The van der Waals surface area contributed by atoms with Crippen LogP contribution in [0.2, 0.25) is 0 Å². The van der Waals surface area contributed by atoms with Gasteiger partial charge in [-0.25, -0.2) is 0 Å². The van der Waals surface area contributed by atoms with E-state index in [1.165, 1.54) is 0 Å². The molecule has 1 saturated heterocycles. The van der Waals surface area contributed by atoms with Crippen LogP contribution in [-0.4, -0.2) is 59.5 Å². The van der Waals surface area contributed by atoms with E-state index in [-0.39, 0.29) is 6.61 Å². The second-order valence-corrected chi connectivity index (χ2v) is 6.07. The molecule has 126 valence electrons. The molecule has 0 aliphatic carbocycles. The summed E-state index contributed by atoms with van der Waals surface area (Å²) >= 11 is 0. The molecule has 0 spiro atoms. The molecule has 0 radical (unpaired) electrons. The van der Waals surface area contributed by atoms with Gasteiger partial charge in [0.1, 0.15) is 11.6 Å². The fraction of sp³-hybridized carbons (Fsp3) is 0.706. The van der Waals surface area contributed by atoms with Crippen molar-refractivity contribution in [2.45, 2.75) is 45.6 Å². The van der Waals surface area contributed by atoms with E-state index in [2.05, 4.69) is 40.0 Å². The Hall–Kier alpha value is -1.71. The van der Waals surface area contributed by atoms with Crippen molar-refractivity contribution in [3.05, 3.63) is 16.8 Å². The minimum atomic E-state index is 0.194. The van der Waals surface area contributed by atoms with Gasteiger partial charge in [-0.3, -0.25) is 0 Å². The monoisotopic (exact) mass is 317 g/mol. The largest absolute Gasteiger partial charge is 0.395 e. The van der Waals surface area contributed by atoms with Gasteiger partial charge in [0.2, 0.25) is 0 Å². The number of aryl methyl sites for hydroxylation is 1. The third-order valence-electron chi connectivity index (χ3n) is 4.78. The highest BCUT2D eigenvalue weighted by Gasteiger charge is 2.26. The summed E-state index contributed by atoms with van der Waals surface area (Å²) in [4.78, 5) is 4.40. The predicted octanol–water partition coefficient (Wildman–Crippen LogP) is 1.37. The standard InChI is InChI=1S/C17H27N5O/c1-4-14-15(12-18)17(20-19-16(14)5-2)22-8-6-13(7-9-22)21(3)10-11-23/h13,23H,4-11H2,1-3H3. The molecular weight excluding hydrogens is 290 g/mol. The molecule has 1 aromatic rings. The van der Waals surface area contributed by atoms with Gasteiger partial charge in [-0.1, -0.05) is 13.8 Å². The Kier molecular flexibility index (Phi) is 6.31. The fourth-order valence-electron chi connectivity index (χ4n) is 3.36. The molecule has 6 nitrogen and oxygen atoms in total. The van der Waals surface area contributed by atoms with Gasteiger partial charge in [-0.2, -0.15) is 10.4 Å². The number of rotatable bonds is 6. The lowest BCUT2D eigenvalue weighted by atomic mass is 10.0. The first-order valence-electron chi connectivity index (χ1n) is 8.50. The van der Waals surface area contributed by atoms with Gasteiger partial charge in [0.05, 0.1) is 12.3 Å². The van der Waals surface area contributed by atoms with Crippen molar-refractivity contribution >= 4 is 5.82 Å². The van der Waals surface area contributed by atoms with E-state index in [0.29, 0.717) is 18.2 Å². The minimum absolute atomic E-state index is 0.194. The van der Waals surface area contributed by atoms with Crippen LogP contribution in [0.4, 0.5) is 5.82 Å². The van der Waals surface area contributed by atoms with E-state index in [1.54, 1.807) is 0 Å². The number of aliphatic hydroxyl groups excluding tert-OH is 1. The molecule has 1 N–H and O–H groups in total. The third-order valence-corrected chi connectivity index (χ3v) is 4.78. The highest BCUT2D eigenvalue weighted by molar-refractivity contribution is 5.58. The molecule has 6 heteroatoms. The van der Waals surface area contributed by atoms with Crippen LogP contribution in [0, 0.1) is 11.3 Å². The topological polar surface area (TPSA) is 76.3 Å². The van der Waals surface area contributed by atoms with Crippen LogP contribution >= 0.6 is 0 Å². The van der Waals surface area contributed by atoms with E-state index >= 15 is 0 Å². The van der Waals surface area contributed by atoms with Gasteiger partial charge in [0.15, 0.2) is 5.82 Å². The maximum atomic E-state index is 9.61. The Morgan fingerprint density at radius 1 is 1.26 bits per heavy atom. The zero-order chi connectivity index (χ0) is 16.8. The van der Waals surface area contributed by atoms with Gasteiger partial charge < -0.3 is 14.9 Å². The summed E-state index contributed by atoms with van der Waals surface area (Å²) in [5, 5.41) is 27.4. The SMILES string of the molecule is CCc1nnc(N2CCC(N(C)CCO)CC2)c(C#N)c1CC. The summed E-state index contributed by atoms with van der Waals surface area (Å²) in [6, 6.07) is 2.84. The van der Waals surface area contributed by atoms with Crippen LogP contribution in [0.15, 0.2) is 0 Å². The second kappa shape index (κ2) is 8.23. The molecule has 1 aliphatic rings. The zero-order valence-electron chi connectivity index (χ0n) is 14.4. The Balaban J connectivity index is 2.16. The lowest BCUT2D eigenvalue weighted by molar-refractivity contribution is 0.161. The van der Waals surface area contributed by atoms with E-state index in [1.807, 2.05) is 6.92 Å². The second-order valence-electron chi connectivity index (χ2n) is 6.07. The average Bonchev–Trinajstić information content (AvgIpc) is 2.60. The van der Waals surface area contributed by atoms with Crippen molar-refractivity contribution in [1.29, 1.82) is 5.26 Å². The van der Waals surface area contributed by atoms with E-state index in [4.69, 9.17) is 5.11 Å². The maximum absolute atomic E-state index is 9.61. The molecule has 0 atom stereocenters. The molecule has 0 bridgehead atoms. The first-order valence-corrected chi connectivity index (χ1v) is 8.50. The number of aromatic nitrogens is 2. The van der Waals surface area contributed by atoms with Crippen molar-refractivity contribution in [3.8, 4) is 6.07 Å². The first kappa shape index (κ1) is 17.6. The number of hydrogen-bond acceptors (Lipinski definition) is 6. The molecule has 23 heavy (non-hydrogen) atoms. The molecule has 1 fully saturated rings. The Labute approximate surface area is 138 Å². The molecule has 0 aromatic carbocycles. The van der Waals surface area contributed by atoms with E-state index in [0.717, 1.165) is 55.8 Å². The summed E-state index contributed by atoms with van der Waals surface area (Å²) in [6.07, 6.45) is 3.64.